The molecule has 0 saturated carbocycles. The highest BCUT2D eigenvalue weighted by atomic mass is 16.2. The Morgan fingerprint density at radius 1 is 0.941 bits per heavy atom. The number of nitrogens with zero attached hydrogens (tertiary/aromatic N) is 1. The molecule has 0 aliphatic rings. The third kappa shape index (κ3) is 9.77. The third-order valence-electron chi connectivity index (χ3n) is 2.48. The van der Waals surface area contributed by atoms with E-state index in [1.54, 1.807) is 14.1 Å². The van der Waals surface area contributed by atoms with Crippen molar-refractivity contribution in [1.82, 2.24) is 20.9 Å². The summed E-state index contributed by atoms with van der Waals surface area (Å²) in [7, 11) is 5.25. The van der Waals surface area contributed by atoms with Gasteiger partial charge in [-0.3, -0.25) is 9.59 Å². The van der Waals surface area contributed by atoms with Crippen molar-refractivity contribution in [2.45, 2.75) is 12.8 Å². The summed E-state index contributed by atoms with van der Waals surface area (Å²) in [5, 5.41) is 8.34. The zero-order chi connectivity index (χ0) is 13.1. The predicted molar refractivity (Wildman–Crippen MR) is 67.7 cm³/mol. The smallest absolute Gasteiger partial charge is 0.221 e. The molecular weight excluding hydrogens is 220 g/mol. The molecule has 0 saturated heterocycles. The maximum absolute atomic E-state index is 11.0. The van der Waals surface area contributed by atoms with Crippen molar-refractivity contribution in [2.75, 3.05) is 47.3 Å². The molecule has 6 heteroatoms. The van der Waals surface area contributed by atoms with Crippen molar-refractivity contribution in [3.05, 3.63) is 0 Å². The zero-order valence-electron chi connectivity index (χ0n) is 11.0. The Balaban J connectivity index is 3.36. The highest BCUT2D eigenvalue weighted by Crippen LogP contribution is 1.86. The number of hydrogen-bond acceptors (Lipinski definition) is 4. The second-order valence-corrected chi connectivity index (χ2v) is 3.90. The van der Waals surface area contributed by atoms with Gasteiger partial charge in [-0.2, -0.15) is 0 Å². The molecule has 0 bridgehead atoms. The minimum atomic E-state index is 0.0467. The van der Waals surface area contributed by atoms with Crippen LogP contribution in [0.1, 0.15) is 12.8 Å². The first-order valence-corrected chi connectivity index (χ1v) is 5.90. The molecule has 100 valence electrons. The molecule has 0 aromatic carbocycles. The van der Waals surface area contributed by atoms with Crippen molar-refractivity contribution in [3.8, 4) is 0 Å². The van der Waals surface area contributed by atoms with Crippen LogP contribution in [0.4, 0.5) is 0 Å². The number of carbonyl (C=O) groups is 2. The Labute approximate surface area is 103 Å². The van der Waals surface area contributed by atoms with Crippen LogP contribution >= 0.6 is 0 Å². The van der Waals surface area contributed by atoms with Crippen LogP contribution < -0.4 is 16.0 Å². The number of carbonyl (C=O) groups excluding carboxylic acids is 2. The molecule has 0 atom stereocenters. The van der Waals surface area contributed by atoms with Gasteiger partial charge >= 0.3 is 0 Å². The van der Waals surface area contributed by atoms with Gasteiger partial charge in [0.2, 0.25) is 11.8 Å². The van der Waals surface area contributed by atoms with Gasteiger partial charge < -0.3 is 20.9 Å². The number of hydrogen-bond donors (Lipinski definition) is 3. The molecule has 0 aromatic rings. The second kappa shape index (κ2) is 10.0. The van der Waals surface area contributed by atoms with Gasteiger partial charge in [0.05, 0.1) is 0 Å². The van der Waals surface area contributed by atoms with Gasteiger partial charge in [-0.15, -0.1) is 0 Å². The third-order valence-corrected chi connectivity index (χ3v) is 2.48. The van der Waals surface area contributed by atoms with E-state index in [4.69, 9.17) is 0 Å². The van der Waals surface area contributed by atoms with Crippen molar-refractivity contribution in [3.63, 3.8) is 0 Å². The van der Waals surface area contributed by atoms with E-state index in [-0.39, 0.29) is 11.8 Å². The molecule has 0 spiro atoms. The Kier molecular flexibility index (Phi) is 9.37. The molecular formula is C11H24N4O2. The topological polar surface area (TPSA) is 73.5 Å². The Bertz CT molecular complexity index is 234. The zero-order valence-corrected chi connectivity index (χ0v) is 11.0. The van der Waals surface area contributed by atoms with E-state index >= 15 is 0 Å². The quantitative estimate of drug-likeness (QED) is 0.445. The molecule has 0 unspecified atom stereocenters. The van der Waals surface area contributed by atoms with E-state index in [9.17, 15) is 9.59 Å². The summed E-state index contributed by atoms with van der Waals surface area (Å²) in [4.78, 5) is 24.0. The monoisotopic (exact) mass is 244 g/mol. The summed E-state index contributed by atoms with van der Waals surface area (Å²) in [6.07, 6.45) is 1.02. The van der Waals surface area contributed by atoms with Gasteiger partial charge in [0.15, 0.2) is 0 Å². The lowest BCUT2D eigenvalue weighted by Crippen LogP contribution is -2.33. The minimum Gasteiger partial charge on any atom is -0.359 e. The van der Waals surface area contributed by atoms with Crippen LogP contribution in [0.3, 0.4) is 0 Å². The molecule has 2 amide bonds. The molecule has 0 aromatic heterocycles. The molecule has 3 N–H and O–H groups in total. The van der Waals surface area contributed by atoms with Crippen LogP contribution in [0.25, 0.3) is 0 Å². The number of rotatable bonds is 9. The molecule has 0 aliphatic carbocycles. The second-order valence-electron chi connectivity index (χ2n) is 3.90. The summed E-state index contributed by atoms with van der Waals surface area (Å²) in [5.74, 6) is 0.106. The first-order valence-electron chi connectivity index (χ1n) is 5.90. The lowest BCUT2D eigenvalue weighted by molar-refractivity contribution is -0.121. The number of nitrogens with one attached hydrogen (secondary N) is 3. The van der Waals surface area contributed by atoms with Gasteiger partial charge in [0.25, 0.3) is 0 Å². The Morgan fingerprint density at radius 2 is 1.53 bits per heavy atom. The minimum absolute atomic E-state index is 0.0467. The highest BCUT2D eigenvalue weighted by molar-refractivity contribution is 5.75. The first kappa shape index (κ1) is 15.9. The fourth-order valence-corrected chi connectivity index (χ4v) is 1.25. The SMILES string of the molecule is CNC(=O)CCNCCN(C)CCC(=O)NC. The normalized spacial score (nSPS) is 10.4. The maximum atomic E-state index is 11.0. The number of amides is 2. The van der Waals surface area contributed by atoms with E-state index < -0.39 is 0 Å². The summed E-state index contributed by atoms with van der Waals surface area (Å²) >= 11 is 0. The molecule has 0 heterocycles. The standard InChI is InChI=1S/C11H24N4O2/c1-12-10(16)4-6-14-7-9-15(3)8-5-11(17)13-2/h14H,4-9H2,1-3H3,(H,12,16)(H,13,17). The van der Waals surface area contributed by atoms with E-state index in [0.29, 0.717) is 19.4 Å². The van der Waals surface area contributed by atoms with E-state index in [0.717, 1.165) is 19.6 Å². The maximum Gasteiger partial charge on any atom is 0.221 e. The van der Waals surface area contributed by atoms with Crippen molar-refractivity contribution < 1.29 is 9.59 Å². The van der Waals surface area contributed by atoms with Gasteiger partial charge in [0, 0.05) is 53.1 Å². The lowest BCUT2D eigenvalue weighted by atomic mass is 10.3. The van der Waals surface area contributed by atoms with Crippen LogP contribution in [-0.4, -0.2) is 64.0 Å². The molecule has 17 heavy (non-hydrogen) atoms. The molecule has 6 nitrogen and oxygen atoms in total. The predicted octanol–water partition coefficient (Wildman–Crippen LogP) is -1.22. The van der Waals surface area contributed by atoms with Crippen LogP contribution in [0.5, 0.6) is 0 Å². The fraction of sp³-hybridized carbons (Fsp3) is 0.818. The summed E-state index contributed by atoms with van der Waals surface area (Å²) in [6.45, 7) is 3.12. The highest BCUT2D eigenvalue weighted by Gasteiger charge is 2.02. The molecule has 0 fully saturated rings. The van der Waals surface area contributed by atoms with Crippen LogP contribution in [-0.2, 0) is 9.59 Å². The van der Waals surface area contributed by atoms with Crippen LogP contribution in [0.15, 0.2) is 0 Å². The van der Waals surface area contributed by atoms with Crippen molar-refractivity contribution in [1.29, 1.82) is 0 Å². The average Bonchev–Trinajstić information content (AvgIpc) is 2.34. The van der Waals surface area contributed by atoms with Gasteiger partial charge in [0.1, 0.15) is 0 Å². The molecule has 0 radical (unpaired) electrons. The summed E-state index contributed by atoms with van der Waals surface area (Å²) < 4.78 is 0. The fourth-order valence-electron chi connectivity index (χ4n) is 1.25. The van der Waals surface area contributed by atoms with Crippen molar-refractivity contribution >= 4 is 11.8 Å². The van der Waals surface area contributed by atoms with E-state index in [2.05, 4.69) is 20.9 Å². The lowest BCUT2D eigenvalue weighted by Gasteiger charge is -2.16. The van der Waals surface area contributed by atoms with E-state index in [1.807, 2.05) is 7.05 Å². The summed E-state index contributed by atoms with van der Waals surface area (Å²) in [5.41, 5.74) is 0. The van der Waals surface area contributed by atoms with Crippen LogP contribution in [0, 0.1) is 0 Å². The van der Waals surface area contributed by atoms with Crippen molar-refractivity contribution in [2.24, 2.45) is 0 Å². The largest absolute Gasteiger partial charge is 0.359 e. The summed E-state index contributed by atoms with van der Waals surface area (Å²) in [6, 6.07) is 0. The Morgan fingerprint density at radius 3 is 2.12 bits per heavy atom. The van der Waals surface area contributed by atoms with Crippen LogP contribution in [0.2, 0.25) is 0 Å². The van der Waals surface area contributed by atoms with E-state index in [1.165, 1.54) is 0 Å². The van der Waals surface area contributed by atoms with Gasteiger partial charge in [-0.25, -0.2) is 0 Å². The van der Waals surface area contributed by atoms with Gasteiger partial charge in [-0.05, 0) is 7.05 Å². The van der Waals surface area contributed by atoms with Gasteiger partial charge in [-0.1, -0.05) is 0 Å². The average molecular weight is 244 g/mol. The Hall–Kier alpha value is -1.14. The molecule has 0 rings (SSSR count). The number of likely N-dealkylation sites (N-methyl/N-ethyl adjacent to an activating group) is 1. The first-order chi connectivity index (χ1) is 8.10. The molecule has 0 aliphatic heterocycles.